The van der Waals surface area contributed by atoms with Crippen molar-refractivity contribution in [3.63, 3.8) is 0 Å². The fourth-order valence-electron chi connectivity index (χ4n) is 2.24. The molecule has 1 aliphatic carbocycles. The van der Waals surface area contributed by atoms with Crippen LogP contribution in [0.1, 0.15) is 43.0 Å². The van der Waals surface area contributed by atoms with E-state index in [9.17, 15) is 14.3 Å². The molecule has 18 heavy (non-hydrogen) atoms. The Morgan fingerprint density at radius 3 is 2.72 bits per heavy atom. The number of aliphatic hydroxyl groups is 1. The fraction of sp³-hybridized carbons (Fsp3) is 0.500. The molecule has 0 radical (unpaired) electrons. The normalized spacial score (nSPS) is 23.7. The summed E-state index contributed by atoms with van der Waals surface area (Å²) in [6.45, 7) is 1.32. The third-order valence-electron chi connectivity index (χ3n) is 3.27. The summed E-state index contributed by atoms with van der Waals surface area (Å²) in [4.78, 5) is 11.1. The molecule has 1 saturated carbocycles. The van der Waals surface area contributed by atoms with E-state index in [0.717, 1.165) is 25.7 Å². The van der Waals surface area contributed by atoms with Crippen LogP contribution in [0, 0.1) is 5.82 Å². The number of ketones is 1. The second kappa shape index (κ2) is 5.48. The van der Waals surface area contributed by atoms with E-state index in [1.165, 1.54) is 19.1 Å². The third kappa shape index (κ3) is 2.88. The van der Waals surface area contributed by atoms with Gasteiger partial charge in [-0.2, -0.15) is 0 Å². The number of aliphatic hydroxyl groups excluding tert-OH is 1. The van der Waals surface area contributed by atoms with Gasteiger partial charge in [-0.15, -0.1) is 0 Å². The number of Topliss-reactive ketones (excluding diaryl/α,β-unsaturated/α-hetero) is 1. The van der Waals surface area contributed by atoms with E-state index in [0.29, 0.717) is 5.75 Å². The van der Waals surface area contributed by atoms with E-state index in [4.69, 9.17) is 4.74 Å². The lowest BCUT2D eigenvalue weighted by atomic mass is 9.95. The van der Waals surface area contributed by atoms with Crippen molar-refractivity contribution in [1.82, 2.24) is 0 Å². The molecule has 4 heteroatoms. The molecule has 0 spiro atoms. The predicted molar refractivity (Wildman–Crippen MR) is 65.3 cm³/mol. The number of rotatable bonds is 3. The Kier molecular flexibility index (Phi) is 3.97. The number of carbonyl (C=O) groups is 1. The van der Waals surface area contributed by atoms with Crippen molar-refractivity contribution < 1.29 is 19.0 Å². The SMILES string of the molecule is CC(=O)c1ccc(O[C@H]2CCCC[C@@H]2O)cc1F. The van der Waals surface area contributed by atoms with Crippen LogP contribution in [0.15, 0.2) is 18.2 Å². The minimum absolute atomic E-state index is 0.0616. The number of carbonyl (C=O) groups excluding carboxylic acids is 1. The van der Waals surface area contributed by atoms with Crippen molar-refractivity contribution in [2.45, 2.75) is 44.8 Å². The maximum atomic E-state index is 13.6. The lowest BCUT2D eigenvalue weighted by Crippen LogP contribution is -2.34. The molecule has 0 aliphatic heterocycles. The van der Waals surface area contributed by atoms with Gasteiger partial charge in [-0.3, -0.25) is 4.79 Å². The smallest absolute Gasteiger partial charge is 0.162 e. The summed E-state index contributed by atoms with van der Waals surface area (Å²) in [5.41, 5.74) is 0.0616. The quantitative estimate of drug-likeness (QED) is 0.841. The minimum Gasteiger partial charge on any atom is -0.488 e. The van der Waals surface area contributed by atoms with Gasteiger partial charge in [0.15, 0.2) is 5.78 Å². The maximum absolute atomic E-state index is 13.6. The van der Waals surface area contributed by atoms with Gasteiger partial charge in [0.2, 0.25) is 0 Å². The topological polar surface area (TPSA) is 46.5 Å². The van der Waals surface area contributed by atoms with Gasteiger partial charge in [0.25, 0.3) is 0 Å². The van der Waals surface area contributed by atoms with Crippen LogP contribution in [-0.2, 0) is 0 Å². The first kappa shape index (κ1) is 13.0. The van der Waals surface area contributed by atoms with Crippen LogP contribution in [0.2, 0.25) is 0 Å². The number of hydrogen-bond acceptors (Lipinski definition) is 3. The lowest BCUT2D eigenvalue weighted by molar-refractivity contribution is 0.00671. The molecule has 1 aliphatic rings. The molecule has 0 unspecified atom stereocenters. The van der Waals surface area contributed by atoms with Crippen LogP contribution in [0.25, 0.3) is 0 Å². The van der Waals surface area contributed by atoms with Crippen LogP contribution in [0.3, 0.4) is 0 Å². The van der Waals surface area contributed by atoms with Crippen LogP contribution in [0.4, 0.5) is 4.39 Å². The lowest BCUT2D eigenvalue weighted by Gasteiger charge is -2.28. The molecular formula is C14H17FO3. The molecule has 1 N–H and O–H groups in total. The third-order valence-corrected chi connectivity index (χ3v) is 3.27. The monoisotopic (exact) mass is 252 g/mol. The molecule has 0 saturated heterocycles. The summed E-state index contributed by atoms with van der Waals surface area (Å²) < 4.78 is 19.2. The largest absolute Gasteiger partial charge is 0.488 e. The molecular weight excluding hydrogens is 235 g/mol. The predicted octanol–water partition coefficient (Wildman–Crippen LogP) is 2.71. The standard InChI is InChI=1S/C14H17FO3/c1-9(16)11-7-6-10(8-12(11)15)18-14-5-3-2-4-13(14)17/h6-8,13-14,17H,2-5H2,1H3/t13-,14-/m0/s1. The number of ether oxygens (including phenoxy) is 1. The Labute approximate surface area is 106 Å². The molecule has 98 valence electrons. The molecule has 0 bridgehead atoms. The van der Waals surface area contributed by atoms with E-state index in [1.807, 2.05) is 0 Å². The fourth-order valence-corrected chi connectivity index (χ4v) is 2.24. The van der Waals surface area contributed by atoms with E-state index in [-0.39, 0.29) is 17.5 Å². The van der Waals surface area contributed by atoms with Crippen molar-refractivity contribution in [1.29, 1.82) is 0 Å². The molecule has 0 heterocycles. The summed E-state index contributed by atoms with van der Waals surface area (Å²) in [5, 5.41) is 9.77. The summed E-state index contributed by atoms with van der Waals surface area (Å²) in [6.07, 6.45) is 2.74. The average molecular weight is 252 g/mol. The number of benzene rings is 1. The van der Waals surface area contributed by atoms with Crippen LogP contribution >= 0.6 is 0 Å². The first-order chi connectivity index (χ1) is 8.58. The van der Waals surface area contributed by atoms with E-state index in [2.05, 4.69) is 0 Å². The zero-order valence-corrected chi connectivity index (χ0v) is 10.4. The highest BCUT2D eigenvalue weighted by Crippen LogP contribution is 2.25. The van der Waals surface area contributed by atoms with E-state index < -0.39 is 11.9 Å². The summed E-state index contributed by atoms with van der Waals surface area (Å²) in [7, 11) is 0. The minimum atomic E-state index is -0.578. The Morgan fingerprint density at radius 2 is 2.11 bits per heavy atom. The van der Waals surface area contributed by atoms with Gasteiger partial charge >= 0.3 is 0 Å². The van der Waals surface area contributed by atoms with Crippen LogP contribution in [-0.4, -0.2) is 23.1 Å². The number of hydrogen-bond donors (Lipinski definition) is 1. The van der Waals surface area contributed by atoms with Crippen molar-refractivity contribution >= 4 is 5.78 Å². The molecule has 3 nitrogen and oxygen atoms in total. The Morgan fingerprint density at radius 1 is 1.39 bits per heavy atom. The van der Waals surface area contributed by atoms with Crippen LogP contribution < -0.4 is 4.74 Å². The molecule has 0 aromatic heterocycles. The zero-order chi connectivity index (χ0) is 13.1. The van der Waals surface area contributed by atoms with Gasteiger partial charge in [-0.1, -0.05) is 6.42 Å². The van der Waals surface area contributed by atoms with Gasteiger partial charge in [-0.25, -0.2) is 4.39 Å². The van der Waals surface area contributed by atoms with E-state index in [1.54, 1.807) is 6.07 Å². The zero-order valence-electron chi connectivity index (χ0n) is 10.4. The van der Waals surface area contributed by atoms with Gasteiger partial charge in [0, 0.05) is 6.07 Å². The molecule has 2 atom stereocenters. The molecule has 1 aromatic rings. The second-order valence-electron chi connectivity index (χ2n) is 4.71. The first-order valence-electron chi connectivity index (χ1n) is 6.23. The van der Waals surface area contributed by atoms with Crippen molar-refractivity contribution in [2.24, 2.45) is 0 Å². The summed E-state index contributed by atoms with van der Waals surface area (Å²) in [5.74, 6) is -0.523. The van der Waals surface area contributed by atoms with Gasteiger partial charge in [0.1, 0.15) is 17.7 Å². The van der Waals surface area contributed by atoms with Crippen molar-refractivity contribution in [3.05, 3.63) is 29.6 Å². The summed E-state index contributed by atoms with van der Waals surface area (Å²) in [6, 6.07) is 4.20. The van der Waals surface area contributed by atoms with E-state index >= 15 is 0 Å². The molecule has 0 amide bonds. The highest BCUT2D eigenvalue weighted by atomic mass is 19.1. The molecule has 1 aromatic carbocycles. The Hall–Kier alpha value is -1.42. The van der Waals surface area contributed by atoms with Crippen LogP contribution in [0.5, 0.6) is 5.75 Å². The highest BCUT2D eigenvalue weighted by Gasteiger charge is 2.24. The maximum Gasteiger partial charge on any atom is 0.162 e. The first-order valence-corrected chi connectivity index (χ1v) is 6.23. The average Bonchev–Trinajstić information content (AvgIpc) is 2.32. The van der Waals surface area contributed by atoms with Gasteiger partial charge in [-0.05, 0) is 38.3 Å². The molecule has 1 fully saturated rings. The number of halogens is 1. The Bertz CT molecular complexity index is 445. The summed E-state index contributed by atoms with van der Waals surface area (Å²) >= 11 is 0. The van der Waals surface area contributed by atoms with Gasteiger partial charge in [0.05, 0.1) is 11.7 Å². The van der Waals surface area contributed by atoms with Gasteiger partial charge < -0.3 is 9.84 Å². The molecule has 2 rings (SSSR count). The van der Waals surface area contributed by atoms with Crippen molar-refractivity contribution in [3.8, 4) is 5.75 Å². The second-order valence-corrected chi connectivity index (χ2v) is 4.71. The Balaban J connectivity index is 2.10. The van der Waals surface area contributed by atoms with Crippen molar-refractivity contribution in [2.75, 3.05) is 0 Å². The highest BCUT2D eigenvalue weighted by molar-refractivity contribution is 5.94.